The summed E-state index contributed by atoms with van der Waals surface area (Å²) in [4.78, 5) is 11.7. The fourth-order valence-electron chi connectivity index (χ4n) is 1.81. The molecule has 0 spiro atoms. The molecule has 0 heterocycles. The number of nitrogens with one attached hydrogen (secondary N) is 1. The topological polar surface area (TPSA) is 64.3 Å². The molecular weight excluding hydrogens is 276 g/mol. The number of amides is 1. The number of ether oxygens (including phenoxy) is 1. The zero-order valence-electron chi connectivity index (χ0n) is 12.1. The lowest BCUT2D eigenvalue weighted by atomic mass is 10.1. The minimum absolute atomic E-state index is 0. The first-order chi connectivity index (χ1) is 9.26. The highest BCUT2D eigenvalue weighted by Gasteiger charge is 2.02. The van der Waals surface area contributed by atoms with Crippen molar-refractivity contribution in [2.45, 2.75) is 39.0 Å². The maximum atomic E-state index is 11.7. The molecule has 1 aromatic rings. The van der Waals surface area contributed by atoms with E-state index in [1.807, 2.05) is 31.2 Å². The van der Waals surface area contributed by atoms with Gasteiger partial charge in [-0.15, -0.1) is 12.4 Å². The average Bonchev–Trinajstić information content (AvgIpc) is 2.41. The van der Waals surface area contributed by atoms with Gasteiger partial charge in [-0.05, 0) is 50.6 Å². The predicted octanol–water partition coefficient (Wildman–Crippen LogP) is 3.35. The Morgan fingerprint density at radius 1 is 1.15 bits per heavy atom. The van der Waals surface area contributed by atoms with Crippen molar-refractivity contribution in [2.75, 3.05) is 18.5 Å². The summed E-state index contributed by atoms with van der Waals surface area (Å²) >= 11 is 0. The molecule has 1 aromatic carbocycles. The molecule has 0 bridgehead atoms. The van der Waals surface area contributed by atoms with Crippen LogP contribution in [0.2, 0.25) is 0 Å². The molecule has 20 heavy (non-hydrogen) atoms. The fraction of sp³-hybridized carbons (Fsp3) is 0.533. The number of rotatable bonds is 9. The molecule has 3 N–H and O–H groups in total. The minimum atomic E-state index is 0. The molecule has 0 fully saturated rings. The van der Waals surface area contributed by atoms with Gasteiger partial charge in [0.1, 0.15) is 5.75 Å². The molecular formula is C15H25ClN2O2. The van der Waals surface area contributed by atoms with Gasteiger partial charge in [-0.2, -0.15) is 0 Å². The summed E-state index contributed by atoms with van der Waals surface area (Å²) in [7, 11) is 0. The number of carbonyl (C=O) groups excluding carboxylic acids is 1. The van der Waals surface area contributed by atoms with Crippen molar-refractivity contribution in [3.05, 3.63) is 24.3 Å². The summed E-state index contributed by atoms with van der Waals surface area (Å²) in [6.07, 6.45) is 4.70. The molecule has 4 nitrogen and oxygen atoms in total. The molecule has 1 rings (SSSR count). The normalized spacial score (nSPS) is 9.70. The summed E-state index contributed by atoms with van der Waals surface area (Å²) in [5, 5.41) is 2.88. The maximum absolute atomic E-state index is 11.7. The first kappa shape index (κ1) is 18.7. The van der Waals surface area contributed by atoms with E-state index in [9.17, 15) is 4.79 Å². The van der Waals surface area contributed by atoms with Crippen LogP contribution in [0, 0.1) is 0 Å². The second kappa shape index (κ2) is 11.6. The smallest absolute Gasteiger partial charge is 0.224 e. The van der Waals surface area contributed by atoms with E-state index in [4.69, 9.17) is 10.5 Å². The summed E-state index contributed by atoms with van der Waals surface area (Å²) in [5.74, 6) is 0.888. The van der Waals surface area contributed by atoms with Crippen molar-refractivity contribution in [3.8, 4) is 5.75 Å². The largest absolute Gasteiger partial charge is 0.494 e. The zero-order chi connectivity index (χ0) is 13.9. The summed E-state index contributed by atoms with van der Waals surface area (Å²) in [5.41, 5.74) is 6.23. The molecule has 0 aliphatic heterocycles. The number of hydrogen-bond acceptors (Lipinski definition) is 3. The van der Waals surface area contributed by atoms with E-state index in [2.05, 4.69) is 5.32 Å². The number of carbonyl (C=O) groups is 1. The van der Waals surface area contributed by atoms with Gasteiger partial charge in [0.25, 0.3) is 0 Å². The van der Waals surface area contributed by atoms with Crippen LogP contribution in [0.5, 0.6) is 5.75 Å². The van der Waals surface area contributed by atoms with Gasteiger partial charge in [-0.25, -0.2) is 0 Å². The lowest BCUT2D eigenvalue weighted by Gasteiger charge is -2.07. The highest BCUT2D eigenvalue weighted by atomic mass is 35.5. The van der Waals surface area contributed by atoms with Gasteiger partial charge in [-0.3, -0.25) is 4.79 Å². The Morgan fingerprint density at radius 3 is 2.40 bits per heavy atom. The molecule has 0 unspecified atom stereocenters. The first-order valence-corrected chi connectivity index (χ1v) is 6.99. The summed E-state index contributed by atoms with van der Waals surface area (Å²) in [6, 6.07) is 7.44. The van der Waals surface area contributed by atoms with Gasteiger partial charge in [0.15, 0.2) is 0 Å². The lowest BCUT2D eigenvalue weighted by Crippen LogP contribution is -2.11. The van der Waals surface area contributed by atoms with Crippen LogP contribution in [-0.2, 0) is 4.79 Å². The Hall–Kier alpha value is -1.26. The SMILES string of the molecule is CCOc1ccc(NC(=O)CCCCCCN)cc1.Cl. The highest BCUT2D eigenvalue weighted by Crippen LogP contribution is 2.16. The number of hydrogen-bond donors (Lipinski definition) is 2. The third-order valence-corrected chi connectivity index (χ3v) is 2.81. The van der Waals surface area contributed by atoms with Gasteiger partial charge in [0, 0.05) is 12.1 Å². The second-order valence-electron chi connectivity index (χ2n) is 4.46. The van der Waals surface area contributed by atoms with E-state index in [1.165, 1.54) is 0 Å². The van der Waals surface area contributed by atoms with Crippen LogP contribution in [0.1, 0.15) is 39.0 Å². The summed E-state index contributed by atoms with van der Waals surface area (Å²) < 4.78 is 5.35. The van der Waals surface area contributed by atoms with Crippen molar-refractivity contribution in [3.63, 3.8) is 0 Å². The van der Waals surface area contributed by atoms with Crippen molar-refractivity contribution < 1.29 is 9.53 Å². The first-order valence-electron chi connectivity index (χ1n) is 6.99. The van der Waals surface area contributed by atoms with E-state index in [1.54, 1.807) is 0 Å². The quantitative estimate of drug-likeness (QED) is 0.687. The number of benzene rings is 1. The molecule has 0 saturated heterocycles. The van der Waals surface area contributed by atoms with Crippen LogP contribution in [-0.4, -0.2) is 19.1 Å². The third kappa shape index (κ3) is 8.02. The van der Waals surface area contributed by atoms with Crippen molar-refractivity contribution in [1.82, 2.24) is 0 Å². The van der Waals surface area contributed by atoms with E-state index in [0.29, 0.717) is 13.0 Å². The summed E-state index contributed by atoms with van der Waals surface area (Å²) in [6.45, 7) is 3.33. The highest BCUT2D eigenvalue weighted by molar-refractivity contribution is 5.90. The van der Waals surface area contributed by atoms with Gasteiger partial charge in [0.2, 0.25) is 5.91 Å². The van der Waals surface area contributed by atoms with Crippen LogP contribution < -0.4 is 15.8 Å². The molecule has 114 valence electrons. The van der Waals surface area contributed by atoms with Crippen LogP contribution >= 0.6 is 12.4 Å². The maximum Gasteiger partial charge on any atom is 0.224 e. The fourth-order valence-corrected chi connectivity index (χ4v) is 1.81. The number of anilines is 1. The Bertz CT molecular complexity index is 369. The monoisotopic (exact) mass is 300 g/mol. The van der Waals surface area contributed by atoms with Crippen LogP contribution in [0.25, 0.3) is 0 Å². The van der Waals surface area contributed by atoms with E-state index in [-0.39, 0.29) is 18.3 Å². The molecule has 5 heteroatoms. The van der Waals surface area contributed by atoms with E-state index in [0.717, 1.165) is 43.7 Å². The van der Waals surface area contributed by atoms with E-state index < -0.39 is 0 Å². The lowest BCUT2D eigenvalue weighted by molar-refractivity contribution is -0.116. The van der Waals surface area contributed by atoms with Crippen LogP contribution in [0.4, 0.5) is 5.69 Å². The second-order valence-corrected chi connectivity index (χ2v) is 4.46. The van der Waals surface area contributed by atoms with Gasteiger partial charge >= 0.3 is 0 Å². The molecule has 1 amide bonds. The molecule has 0 radical (unpaired) electrons. The third-order valence-electron chi connectivity index (χ3n) is 2.81. The Morgan fingerprint density at radius 2 is 1.80 bits per heavy atom. The number of nitrogens with two attached hydrogens (primary N) is 1. The van der Waals surface area contributed by atoms with Crippen molar-refractivity contribution in [1.29, 1.82) is 0 Å². The standard InChI is InChI=1S/C15H24N2O2.ClH/c1-2-19-14-10-8-13(9-11-14)17-15(18)7-5-3-4-6-12-16;/h8-11H,2-7,12,16H2,1H3,(H,17,18);1H. The van der Waals surface area contributed by atoms with Crippen molar-refractivity contribution in [2.24, 2.45) is 5.73 Å². The minimum Gasteiger partial charge on any atom is -0.494 e. The van der Waals surface area contributed by atoms with Crippen molar-refractivity contribution >= 4 is 24.0 Å². The predicted molar refractivity (Wildman–Crippen MR) is 85.6 cm³/mol. The Balaban J connectivity index is 0.00000361. The molecule has 0 aromatic heterocycles. The number of unbranched alkanes of at least 4 members (excludes halogenated alkanes) is 3. The molecule has 0 atom stereocenters. The van der Waals surface area contributed by atoms with Gasteiger partial charge < -0.3 is 15.8 Å². The number of halogens is 1. The van der Waals surface area contributed by atoms with Gasteiger partial charge in [0.05, 0.1) is 6.61 Å². The zero-order valence-corrected chi connectivity index (χ0v) is 12.9. The molecule has 0 aliphatic rings. The van der Waals surface area contributed by atoms with Crippen LogP contribution in [0.15, 0.2) is 24.3 Å². The van der Waals surface area contributed by atoms with Gasteiger partial charge in [-0.1, -0.05) is 12.8 Å². The molecule has 0 aliphatic carbocycles. The molecule has 0 saturated carbocycles. The van der Waals surface area contributed by atoms with E-state index >= 15 is 0 Å². The average molecular weight is 301 g/mol. The Labute approximate surface area is 127 Å². The Kier molecular flexibility index (Phi) is 10.8. The van der Waals surface area contributed by atoms with Crippen LogP contribution in [0.3, 0.4) is 0 Å².